The number of benzene rings is 1. The van der Waals surface area contributed by atoms with Crippen LogP contribution in [-0.2, 0) is 4.79 Å². The molecule has 1 aliphatic carbocycles. The lowest BCUT2D eigenvalue weighted by Gasteiger charge is -2.22. The Balaban J connectivity index is 1.47. The van der Waals surface area contributed by atoms with Crippen molar-refractivity contribution in [1.82, 2.24) is 25.4 Å². The maximum absolute atomic E-state index is 12.4. The van der Waals surface area contributed by atoms with Crippen molar-refractivity contribution >= 4 is 35.0 Å². The van der Waals surface area contributed by atoms with Gasteiger partial charge < -0.3 is 10.1 Å². The standard InChI is InChI=1S/C22H25N5O3S2/c1-30-17-11-6-5-10-16(17)27-20(18-12-7-13-31-18)25-26-22(27)32-14-19(28)24-21(29)23-15-8-3-2-4-9-15/h5-7,10-13,15H,2-4,8-9,14H2,1H3,(H2,23,24,28,29). The van der Waals surface area contributed by atoms with Gasteiger partial charge in [0.05, 0.1) is 23.4 Å². The summed E-state index contributed by atoms with van der Waals surface area (Å²) in [7, 11) is 1.61. The Morgan fingerprint density at radius 2 is 1.97 bits per heavy atom. The van der Waals surface area contributed by atoms with Gasteiger partial charge in [-0.2, -0.15) is 0 Å². The molecule has 2 heterocycles. The lowest BCUT2D eigenvalue weighted by atomic mass is 9.96. The predicted molar refractivity (Wildman–Crippen MR) is 125 cm³/mol. The highest BCUT2D eigenvalue weighted by Crippen LogP contribution is 2.33. The van der Waals surface area contributed by atoms with Gasteiger partial charge in [0.2, 0.25) is 5.91 Å². The van der Waals surface area contributed by atoms with Crippen LogP contribution in [0.15, 0.2) is 46.9 Å². The molecule has 2 N–H and O–H groups in total. The number of thiophene rings is 1. The van der Waals surface area contributed by atoms with Crippen LogP contribution in [0.4, 0.5) is 4.79 Å². The summed E-state index contributed by atoms with van der Waals surface area (Å²) in [6, 6.07) is 11.2. The lowest BCUT2D eigenvalue weighted by Crippen LogP contribution is -2.45. The lowest BCUT2D eigenvalue weighted by molar-refractivity contribution is -0.117. The number of hydrogen-bond acceptors (Lipinski definition) is 7. The fourth-order valence-electron chi connectivity index (χ4n) is 3.72. The molecule has 0 atom stereocenters. The van der Waals surface area contributed by atoms with Crippen molar-refractivity contribution in [3.05, 3.63) is 41.8 Å². The number of ether oxygens (including phenoxy) is 1. The number of thioether (sulfide) groups is 1. The SMILES string of the molecule is COc1ccccc1-n1c(SCC(=O)NC(=O)NC2CCCCC2)nnc1-c1cccs1. The highest BCUT2D eigenvalue weighted by Gasteiger charge is 2.21. The smallest absolute Gasteiger partial charge is 0.321 e. The van der Waals surface area contributed by atoms with E-state index >= 15 is 0 Å². The van der Waals surface area contributed by atoms with Gasteiger partial charge in [-0.15, -0.1) is 21.5 Å². The number of carbonyl (C=O) groups is 2. The summed E-state index contributed by atoms with van der Waals surface area (Å²) >= 11 is 2.78. The van der Waals surface area contributed by atoms with E-state index in [4.69, 9.17) is 4.74 Å². The van der Waals surface area contributed by atoms with Crippen LogP contribution >= 0.6 is 23.1 Å². The van der Waals surface area contributed by atoms with Gasteiger partial charge in [0.1, 0.15) is 5.75 Å². The third kappa shape index (κ3) is 5.31. The highest BCUT2D eigenvalue weighted by atomic mass is 32.2. The molecule has 3 aromatic rings. The second-order valence-corrected chi connectivity index (χ2v) is 9.33. The van der Waals surface area contributed by atoms with Crippen LogP contribution in [0.25, 0.3) is 16.4 Å². The molecule has 8 nitrogen and oxygen atoms in total. The minimum atomic E-state index is -0.437. The van der Waals surface area contributed by atoms with Crippen molar-refractivity contribution < 1.29 is 14.3 Å². The molecule has 10 heteroatoms. The Kier molecular flexibility index (Phi) is 7.43. The molecule has 1 fully saturated rings. The van der Waals surface area contributed by atoms with E-state index in [1.807, 2.05) is 46.3 Å². The Bertz CT molecular complexity index is 1060. The summed E-state index contributed by atoms with van der Waals surface area (Å²) in [5.41, 5.74) is 0.779. The van der Waals surface area contributed by atoms with Crippen molar-refractivity contribution in [1.29, 1.82) is 0 Å². The average Bonchev–Trinajstić information content (AvgIpc) is 3.48. The van der Waals surface area contributed by atoms with E-state index in [1.54, 1.807) is 18.4 Å². The number of imide groups is 1. The molecule has 1 aliphatic rings. The number of amides is 3. The van der Waals surface area contributed by atoms with Crippen LogP contribution < -0.4 is 15.4 Å². The molecular weight excluding hydrogens is 446 g/mol. The fourth-order valence-corrected chi connectivity index (χ4v) is 5.16. The van der Waals surface area contributed by atoms with E-state index in [0.29, 0.717) is 16.7 Å². The monoisotopic (exact) mass is 471 g/mol. The molecule has 168 valence electrons. The molecule has 0 unspecified atom stereocenters. The zero-order valence-electron chi connectivity index (χ0n) is 17.7. The molecule has 2 aromatic heterocycles. The van der Waals surface area contributed by atoms with Gasteiger partial charge in [-0.3, -0.25) is 14.7 Å². The summed E-state index contributed by atoms with van der Waals surface area (Å²) in [4.78, 5) is 25.5. The molecular formula is C22H25N5O3S2. The van der Waals surface area contributed by atoms with Crippen molar-refractivity contribution in [3.8, 4) is 22.1 Å². The van der Waals surface area contributed by atoms with Gasteiger partial charge in [-0.25, -0.2) is 4.79 Å². The Hall–Kier alpha value is -2.85. The maximum atomic E-state index is 12.4. The van der Waals surface area contributed by atoms with E-state index < -0.39 is 6.03 Å². The van der Waals surface area contributed by atoms with Crippen molar-refractivity contribution in [2.45, 2.75) is 43.3 Å². The molecule has 4 rings (SSSR count). The molecule has 0 spiro atoms. The van der Waals surface area contributed by atoms with Crippen molar-refractivity contribution in [3.63, 3.8) is 0 Å². The molecule has 0 saturated heterocycles. The zero-order chi connectivity index (χ0) is 22.3. The first-order valence-electron chi connectivity index (χ1n) is 10.5. The summed E-state index contributed by atoms with van der Waals surface area (Å²) in [5.74, 6) is 0.997. The first-order valence-corrected chi connectivity index (χ1v) is 12.4. The van der Waals surface area contributed by atoms with Gasteiger partial charge in [0.25, 0.3) is 0 Å². The second kappa shape index (κ2) is 10.6. The number of nitrogens with one attached hydrogen (secondary N) is 2. The largest absolute Gasteiger partial charge is 0.495 e. The minimum absolute atomic E-state index is 0.0375. The Morgan fingerprint density at radius 3 is 2.72 bits per heavy atom. The number of urea groups is 1. The van der Waals surface area contributed by atoms with Crippen LogP contribution in [0.3, 0.4) is 0 Å². The average molecular weight is 472 g/mol. The van der Waals surface area contributed by atoms with Gasteiger partial charge >= 0.3 is 6.03 Å². The summed E-state index contributed by atoms with van der Waals surface area (Å²) in [6.07, 6.45) is 5.35. The third-order valence-electron chi connectivity index (χ3n) is 5.23. The highest BCUT2D eigenvalue weighted by molar-refractivity contribution is 7.99. The molecule has 0 aliphatic heterocycles. The number of hydrogen-bond donors (Lipinski definition) is 2. The number of methoxy groups -OCH3 is 1. The molecule has 0 bridgehead atoms. The van der Waals surface area contributed by atoms with Crippen LogP contribution in [0.5, 0.6) is 5.75 Å². The van der Waals surface area contributed by atoms with E-state index in [1.165, 1.54) is 18.2 Å². The summed E-state index contributed by atoms with van der Waals surface area (Å²) < 4.78 is 7.41. The third-order valence-corrected chi connectivity index (χ3v) is 7.02. The van der Waals surface area contributed by atoms with Crippen molar-refractivity contribution in [2.75, 3.05) is 12.9 Å². The normalized spacial score (nSPS) is 14.2. The minimum Gasteiger partial charge on any atom is -0.495 e. The predicted octanol–water partition coefficient (Wildman–Crippen LogP) is 4.26. The number of rotatable bonds is 7. The van der Waals surface area contributed by atoms with Crippen LogP contribution in [0.2, 0.25) is 0 Å². The number of nitrogens with zero attached hydrogens (tertiary/aromatic N) is 3. The van der Waals surface area contributed by atoms with Crippen LogP contribution in [0.1, 0.15) is 32.1 Å². The van der Waals surface area contributed by atoms with Crippen LogP contribution in [0, 0.1) is 0 Å². The Labute approximate surface area is 194 Å². The van der Waals surface area contributed by atoms with E-state index in [9.17, 15) is 9.59 Å². The van der Waals surface area contributed by atoms with Gasteiger partial charge in [-0.1, -0.05) is 49.2 Å². The van der Waals surface area contributed by atoms with Gasteiger partial charge in [-0.05, 0) is 36.4 Å². The Morgan fingerprint density at radius 1 is 1.16 bits per heavy atom. The second-order valence-electron chi connectivity index (χ2n) is 7.44. The molecule has 1 aromatic carbocycles. The first-order chi connectivity index (χ1) is 15.7. The number of carbonyl (C=O) groups excluding carboxylic acids is 2. The molecule has 0 radical (unpaired) electrons. The van der Waals surface area contributed by atoms with E-state index in [2.05, 4.69) is 20.8 Å². The summed E-state index contributed by atoms with van der Waals surface area (Å²) in [5, 5.41) is 16.5. The first kappa shape index (κ1) is 22.3. The topological polar surface area (TPSA) is 98.1 Å². The van der Waals surface area contributed by atoms with E-state index in [-0.39, 0.29) is 17.7 Å². The summed E-state index contributed by atoms with van der Waals surface area (Å²) in [6.45, 7) is 0. The number of aromatic nitrogens is 3. The number of para-hydroxylation sites is 2. The molecule has 3 amide bonds. The van der Waals surface area contributed by atoms with Gasteiger partial charge in [0, 0.05) is 6.04 Å². The quantitative estimate of drug-likeness (QED) is 0.500. The van der Waals surface area contributed by atoms with Gasteiger partial charge in [0.15, 0.2) is 11.0 Å². The van der Waals surface area contributed by atoms with Crippen LogP contribution in [-0.4, -0.2) is 45.6 Å². The maximum Gasteiger partial charge on any atom is 0.321 e. The molecule has 32 heavy (non-hydrogen) atoms. The van der Waals surface area contributed by atoms with E-state index in [0.717, 1.165) is 36.2 Å². The van der Waals surface area contributed by atoms with Crippen molar-refractivity contribution in [2.24, 2.45) is 0 Å². The molecule has 1 saturated carbocycles. The fraction of sp³-hybridized carbons (Fsp3) is 0.364. The zero-order valence-corrected chi connectivity index (χ0v) is 19.4.